The van der Waals surface area contributed by atoms with Crippen LogP contribution in [0.1, 0.15) is 30.0 Å². The smallest absolute Gasteiger partial charge is 0.166 e. The predicted molar refractivity (Wildman–Crippen MR) is 150 cm³/mol. The zero-order valence-corrected chi connectivity index (χ0v) is 22.5. The molecule has 5 aromatic rings. The molecule has 0 aliphatic rings. The molecule has 0 unspecified atom stereocenters. The molecule has 40 heavy (non-hydrogen) atoms. The summed E-state index contributed by atoms with van der Waals surface area (Å²) < 4.78 is 48.6. The molecule has 0 amide bonds. The number of rotatable bonds is 11. The number of carbonyl (C=O) groups is 1. The molecular weight excluding hydrogens is 535 g/mol. The molecule has 0 aliphatic heterocycles. The highest BCUT2D eigenvalue weighted by molar-refractivity contribution is 7.22. The number of hydrogen-bond donors (Lipinski definition) is 1. The molecule has 2 aromatic carbocycles. The van der Waals surface area contributed by atoms with Crippen LogP contribution in [0, 0.1) is 17.5 Å². The summed E-state index contributed by atoms with van der Waals surface area (Å²) >= 11 is 1.46. The molecule has 0 radical (unpaired) electrons. The highest BCUT2D eigenvalue weighted by Crippen LogP contribution is 2.39. The molecule has 0 fully saturated rings. The Morgan fingerprint density at radius 3 is 2.50 bits per heavy atom. The van der Waals surface area contributed by atoms with E-state index in [0.29, 0.717) is 16.8 Å². The molecule has 0 aliphatic carbocycles. The van der Waals surface area contributed by atoms with Gasteiger partial charge in [0.25, 0.3) is 0 Å². The van der Waals surface area contributed by atoms with Crippen molar-refractivity contribution in [2.75, 3.05) is 6.54 Å². The molecule has 1 N–H and O–H groups in total. The third-order valence-electron chi connectivity index (χ3n) is 6.23. The second-order valence-corrected chi connectivity index (χ2v) is 10.4. The minimum Gasteiger partial charge on any atom is -0.453 e. The van der Waals surface area contributed by atoms with Crippen LogP contribution in [-0.2, 0) is 24.2 Å². The van der Waals surface area contributed by atoms with Gasteiger partial charge in [-0.05, 0) is 60.0 Å². The van der Waals surface area contributed by atoms with Crippen LogP contribution in [0.25, 0.3) is 20.8 Å². The number of Topliss-reactive ketones (excluding diaryl/α,β-unsaturated/α-hetero) is 1. The van der Waals surface area contributed by atoms with Crippen molar-refractivity contribution >= 4 is 27.3 Å². The lowest BCUT2D eigenvalue weighted by Gasteiger charge is -2.09. The van der Waals surface area contributed by atoms with E-state index in [1.165, 1.54) is 29.5 Å². The van der Waals surface area contributed by atoms with E-state index in [-0.39, 0.29) is 29.9 Å². The van der Waals surface area contributed by atoms with E-state index in [0.717, 1.165) is 52.5 Å². The number of halogens is 3. The number of nitrogens with one attached hydrogen (secondary N) is 1. The Balaban J connectivity index is 1.28. The van der Waals surface area contributed by atoms with Gasteiger partial charge >= 0.3 is 0 Å². The van der Waals surface area contributed by atoms with Crippen LogP contribution < -0.4 is 10.1 Å². The number of fused-ring (bicyclic) bond motifs is 1. The number of thiophene rings is 1. The van der Waals surface area contributed by atoms with Crippen molar-refractivity contribution in [2.45, 2.75) is 32.7 Å². The number of pyridine rings is 2. The van der Waals surface area contributed by atoms with E-state index in [2.05, 4.69) is 22.2 Å². The van der Waals surface area contributed by atoms with Crippen LogP contribution in [0.3, 0.4) is 0 Å². The maximum atomic E-state index is 15.0. The van der Waals surface area contributed by atoms with Gasteiger partial charge in [0.2, 0.25) is 0 Å². The topological polar surface area (TPSA) is 64.1 Å². The monoisotopic (exact) mass is 561 g/mol. The number of hydrogen-bond acceptors (Lipinski definition) is 6. The van der Waals surface area contributed by atoms with Gasteiger partial charge in [0.1, 0.15) is 23.2 Å². The quantitative estimate of drug-likeness (QED) is 0.170. The van der Waals surface area contributed by atoms with E-state index < -0.39 is 17.5 Å². The maximum absolute atomic E-state index is 15.0. The van der Waals surface area contributed by atoms with Crippen molar-refractivity contribution in [1.29, 1.82) is 0 Å². The number of carbonyl (C=O) groups excluding carboxylic acids is 1. The van der Waals surface area contributed by atoms with Crippen molar-refractivity contribution in [3.63, 3.8) is 0 Å². The summed E-state index contributed by atoms with van der Waals surface area (Å²) in [7, 11) is 0. The second kappa shape index (κ2) is 12.4. The summed E-state index contributed by atoms with van der Waals surface area (Å²) in [6.45, 7) is 3.84. The van der Waals surface area contributed by atoms with E-state index >= 15 is 0 Å². The van der Waals surface area contributed by atoms with Gasteiger partial charge in [-0.3, -0.25) is 14.8 Å². The van der Waals surface area contributed by atoms with Gasteiger partial charge in [-0.1, -0.05) is 25.1 Å². The van der Waals surface area contributed by atoms with Crippen molar-refractivity contribution in [3.8, 4) is 22.1 Å². The van der Waals surface area contributed by atoms with Gasteiger partial charge in [-0.15, -0.1) is 11.3 Å². The summed E-state index contributed by atoms with van der Waals surface area (Å²) in [5.41, 5.74) is 3.15. The molecule has 3 heterocycles. The SMILES string of the molecule is CCCNCc1ccc(-c2cc3nccc(Oc4ccc(CC(=O)Cc5ccc(F)cc5F)cc4F)c3s2)nc1. The lowest BCUT2D eigenvalue weighted by Crippen LogP contribution is -2.13. The first kappa shape index (κ1) is 27.5. The first-order chi connectivity index (χ1) is 19.4. The first-order valence-electron chi connectivity index (χ1n) is 12.9. The molecule has 5 rings (SSSR count). The fourth-order valence-corrected chi connectivity index (χ4v) is 5.27. The highest BCUT2D eigenvalue weighted by Gasteiger charge is 2.15. The van der Waals surface area contributed by atoms with E-state index in [1.807, 2.05) is 24.4 Å². The van der Waals surface area contributed by atoms with Crippen molar-refractivity contribution in [1.82, 2.24) is 15.3 Å². The molecular formula is C31H26F3N3O2S. The van der Waals surface area contributed by atoms with Gasteiger partial charge < -0.3 is 10.1 Å². The standard InChI is InChI=1S/C31H26F3N3O2S/c1-2-10-35-17-20-3-7-26(37-18-20)30-16-27-31(40-30)29(9-11-36-27)39-28-8-4-19(13-25(28)34)12-23(38)14-21-5-6-22(32)15-24(21)33/h3-9,11,13,15-16,18,35H,2,10,12,14,17H2,1H3. The molecule has 0 bridgehead atoms. The van der Waals surface area contributed by atoms with Crippen LogP contribution in [0.5, 0.6) is 11.5 Å². The summed E-state index contributed by atoms with van der Waals surface area (Å²) in [5.74, 6) is -1.98. The van der Waals surface area contributed by atoms with E-state index in [1.54, 1.807) is 18.3 Å². The lowest BCUT2D eigenvalue weighted by molar-refractivity contribution is -0.117. The van der Waals surface area contributed by atoms with Gasteiger partial charge in [0.15, 0.2) is 11.6 Å². The molecule has 0 saturated carbocycles. The number of benzene rings is 2. The van der Waals surface area contributed by atoms with Crippen LogP contribution >= 0.6 is 11.3 Å². The number of ether oxygens (including phenoxy) is 1. The largest absolute Gasteiger partial charge is 0.453 e. The van der Waals surface area contributed by atoms with Crippen LogP contribution in [0.4, 0.5) is 13.2 Å². The highest BCUT2D eigenvalue weighted by atomic mass is 32.1. The number of ketones is 1. The third kappa shape index (κ3) is 6.55. The van der Waals surface area contributed by atoms with Gasteiger partial charge in [-0.2, -0.15) is 0 Å². The molecule has 0 saturated heterocycles. The lowest BCUT2D eigenvalue weighted by atomic mass is 10.0. The normalized spacial score (nSPS) is 11.2. The van der Waals surface area contributed by atoms with Gasteiger partial charge in [0.05, 0.1) is 20.8 Å². The van der Waals surface area contributed by atoms with Crippen molar-refractivity contribution in [2.24, 2.45) is 0 Å². The Morgan fingerprint density at radius 2 is 1.75 bits per heavy atom. The molecule has 0 atom stereocenters. The summed E-state index contributed by atoms with van der Waals surface area (Å²) in [5, 5.41) is 3.36. The van der Waals surface area contributed by atoms with E-state index in [9.17, 15) is 18.0 Å². The molecule has 204 valence electrons. The van der Waals surface area contributed by atoms with E-state index in [4.69, 9.17) is 4.74 Å². The maximum Gasteiger partial charge on any atom is 0.166 e. The van der Waals surface area contributed by atoms with Crippen LogP contribution in [0.2, 0.25) is 0 Å². The Morgan fingerprint density at radius 1 is 0.900 bits per heavy atom. The van der Waals surface area contributed by atoms with Crippen LogP contribution in [-0.4, -0.2) is 22.3 Å². The summed E-state index contributed by atoms with van der Waals surface area (Å²) in [6.07, 6.45) is 4.21. The average Bonchev–Trinajstić information content (AvgIpc) is 3.38. The number of aromatic nitrogens is 2. The average molecular weight is 562 g/mol. The Hall–Kier alpha value is -4.08. The molecule has 3 aromatic heterocycles. The van der Waals surface area contributed by atoms with Crippen molar-refractivity contribution < 1.29 is 22.7 Å². The molecule has 9 heteroatoms. The molecule has 5 nitrogen and oxygen atoms in total. The third-order valence-corrected chi connectivity index (χ3v) is 7.39. The van der Waals surface area contributed by atoms with Crippen molar-refractivity contribution in [3.05, 3.63) is 107 Å². The zero-order chi connectivity index (χ0) is 28.1. The Bertz CT molecular complexity index is 1650. The Labute approximate surface area is 233 Å². The zero-order valence-electron chi connectivity index (χ0n) is 21.7. The fourth-order valence-electron chi connectivity index (χ4n) is 4.23. The fraction of sp³-hybridized carbons (Fsp3) is 0.194. The van der Waals surface area contributed by atoms with Crippen LogP contribution in [0.15, 0.2) is 73.1 Å². The minimum absolute atomic E-state index is 0.00489. The summed E-state index contributed by atoms with van der Waals surface area (Å²) in [6, 6.07) is 15.0. The van der Waals surface area contributed by atoms with Gasteiger partial charge in [-0.25, -0.2) is 13.2 Å². The second-order valence-electron chi connectivity index (χ2n) is 9.36. The van der Waals surface area contributed by atoms with Gasteiger partial charge in [0, 0.05) is 43.9 Å². The minimum atomic E-state index is -0.781. The Kier molecular flexibility index (Phi) is 8.52. The first-order valence-corrected chi connectivity index (χ1v) is 13.7. The number of nitrogens with zero attached hydrogens (tertiary/aromatic N) is 2. The summed E-state index contributed by atoms with van der Waals surface area (Å²) in [4.78, 5) is 22.4. The molecule has 0 spiro atoms. The predicted octanol–water partition coefficient (Wildman–Crippen LogP) is 7.42.